The van der Waals surface area contributed by atoms with Gasteiger partial charge in [0.05, 0.1) is 19.4 Å². The zero-order valence-corrected chi connectivity index (χ0v) is 15.1. The maximum Gasteiger partial charge on any atom is 0.248 e. The lowest BCUT2D eigenvalue weighted by Crippen LogP contribution is -2.09. The van der Waals surface area contributed by atoms with Crippen LogP contribution in [0.15, 0.2) is 48.5 Å². The van der Waals surface area contributed by atoms with Crippen LogP contribution in [0.1, 0.15) is 28.8 Å². The van der Waals surface area contributed by atoms with Gasteiger partial charge in [-0.15, -0.1) is 12.3 Å². The number of ether oxygens (including phenoxy) is 2. The first-order valence-corrected chi connectivity index (χ1v) is 8.45. The highest BCUT2D eigenvalue weighted by atomic mass is 16.5. The van der Waals surface area contributed by atoms with Crippen LogP contribution in [0.25, 0.3) is 6.08 Å². The molecule has 0 saturated carbocycles. The van der Waals surface area contributed by atoms with E-state index in [1.54, 1.807) is 49.6 Å². The van der Waals surface area contributed by atoms with Crippen LogP contribution in [0.2, 0.25) is 0 Å². The number of benzene rings is 2. The third kappa shape index (κ3) is 6.05. The molecule has 1 N–H and O–H groups in total. The van der Waals surface area contributed by atoms with Gasteiger partial charge >= 0.3 is 0 Å². The van der Waals surface area contributed by atoms with Crippen LogP contribution >= 0.6 is 0 Å². The average Bonchev–Trinajstić information content (AvgIpc) is 2.70. The topological polar surface area (TPSA) is 64.6 Å². The Labute approximate surface area is 159 Å². The molecule has 0 aliphatic rings. The minimum atomic E-state index is -0.335. The van der Waals surface area contributed by atoms with Crippen molar-refractivity contribution in [3.63, 3.8) is 0 Å². The van der Waals surface area contributed by atoms with Crippen molar-refractivity contribution < 1.29 is 19.1 Å². The minimum Gasteiger partial charge on any atom is -0.493 e. The number of hydrogen-bond donors (Lipinski definition) is 1. The van der Waals surface area contributed by atoms with E-state index in [4.69, 9.17) is 15.9 Å². The molecule has 0 heterocycles. The van der Waals surface area contributed by atoms with Gasteiger partial charge in [0.15, 0.2) is 17.8 Å². The fraction of sp³-hybridized carbons (Fsp3) is 0.182. The second-order valence-corrected chi connectivity index (χ2v) is 5.59. The summed E-state index contributed by atoms with van der Waals surface area (Å²) in [5, 5.41) is 2.68. The van der Waals surface area contributed by atoms with E-state index in [1.165, 1.54) is 6.08 Å². The van der Waals surface area contributed by atoms with E-state index >= 15 is 0 Å². The summed E-state index contributed by atoms with van der Waals surface area (Å²) in [5.74, 6) is 3.43. The van der Waals surface area contributed by atoms with Gasteiger partial charge in [-0.3, -0.25) is 9.59 Å². The first-order valence-electron chi connectivity index (χ1n) is 8.45. The molecule has 0 spiro atoms. The highest BCUT2D eigenvalue weighted by Crippen LogP contribution is 2.28. The second-order valence-electron chi connectivity index (χ2n) is 5.59. The largest absolute Gasteiger partial charge is 0.493 e. The van der Waals surface area contributed by atoms with Gasteiger partial charge in [-0.2, -0.15) is 0 Å². The van der Waals surface area contributed by atoms with E-state index in [1.807, 2.05) is 6.07 Å². The van der Waals surface area contributed by atoms with Gasteiger partial charge in [-0.25, -0.2) is 0 Å². The zero-order valence-electron chi connectivity index (χ0n) is 15.1. The average molecular weight is 363 g/mol. The zero-order chi connectivity index (χ0) is 19.5. The van der Waals surface area contributed by atoms with Crippen LogP contribution in [0.5, 0.6) is 11.5 Å². The number of aldehydes is 1. The lowest BCUT2D eigenvalue weighted by molar-refractivity contribution is -0.111. The second kappa shape index (κ2) is 10.5. The molecule has 5 heteroatoms. The number of para-hydroxylation sites is 1. The fourth-order valence-electron chi connectivity index (χ4n) is 2.32. The number of amides is 1. The van der Waals surface area contributed by atoms with Crippen molar-refractivity contribution >= 4 is 24.0 Å². The van der Waals surface area contributed by atoms with E-state index < -0.39 is 0 Å². The van der Waals surface area contributed by atoms with E-state index in [0.717, 1.165) is 12.0 Å². The number of anilines is 1. The Morgan fingerprint density at radius 3 is 2.78 bits per heavy atom. The molecule has 0 bridgehead atoms. The van der Waals surface area contributed by atoms with Crippen molar-refractivity contribution in [2.75, 3.05) is 19.0 Å². The molecule has 1 amide bonds. The van der Waals surface area contributed by atoms with Gasteiger partial charge in [-0.05, 0) is 42.3 Å². The Balaban J connectivity index is 2.02. The highest BCUT2D eigenvalue weighted by molar-refractivity contribution is 6.04. The number of nitrogens with one attached hydrogen (secondary N) is 1. The Morgan fingerprint density at radius 1 is 1.22 bits per heavy atom. The van der Waals surface area contributed by atoms with Crippen molar-refractivity contribution in [1.29, 1.82) is 0 Å². The lowest BCUT2D eigenvalue weighted by Gasteiger charge is -2.10. The monoisotopic (exact) mass is 363 g/mol. The summed E-state index contributed by atoms with van der Waals surface area (Å²) < 4.78 is 11.0. The molecule has 2 aromatic rings. The molecule has 0 radical (unpaired) electrons. The maximum absolute atomic E-state index is 12.1. The number of carbonyl (C=O) groups excluding carboxylic acids is 2. The summed E-state index contributed by atoms with van der Waals surface area (Å²) in [6, 6.07) is 12.2. The van der Waals surface area contributed by atoms with Gasteiger partial charge in [0.25, 0.3) is 0 Å². The quantitative estimate of drug-likeness (QED) is 0.317. The number of unbranched alkanes of at least 4 members (excludes halogenated alkanes) is 1. The summed E-state index contributed by atoms with van der Waals surface area (Å²) in [7, 11) is 1.56. The smallest absolute Gasteiger partial charge is 0.248 e. The molecular weight excluding hydrogens is 342 g/mol. The van der Waals surface area contributed by atoms with Crippen LogP contribution in [0, 0.1) is 12.3 Å². The number of methoxy groups -OCH3 is 1. The Kier molecular flexibility index (Phi) is 7.68. The van der Waals surface area contributed by atoms with E-state index in [2.05, 4.69) is 11.2 Å². The highest BCUT2D eigenvalue weighted by Gasteiger charge is 2.06. The van der Waals surface area contributed by atoms with Gasteiger partial charge < -0.3 is 14.8 Å². The molecule has 0 fully saturated rings. The molecule has 0 aliphatic carbocycles. The standard InChI is InChI=1S/C22H21NO4/c1-3-4-7-14-27-20-12-10-17(15-21(20)26-2)11-13-22(25)23-19-9-6-5-8-18(19)16-24/h1,5-6,8-13,15-16H,4,7,14H2,2H3,(H,23,25)/b13-11+. The molecule has 2 aromatic carbocycles. The summed E-state index contributed by atoms with van der Waals surface area (Å²) in [6.45, 7) is 0.508. The number of hydrogen-bond acceptors (Lipinski definition) is 4. The number of terminal acetylenes is 1. The molecule has 27 heavy (non-hydrogen) atoms. The first-order chi connectivity index (χ1) is 13.2. The third-order valence-corrected chi connectivity index (χ3v) is 3.68. The van der Waals surface area contributed by atoms with Crippen molar-refractivity contribution in [3.05, 3.63) is 59.7 Å². The fourth-order valence-corrected chi connectivity index (χ4v) is 2.32. The van der Waals surface area contributed by atoms with Gasteiger partial charge in [0.2, 0.25) is 5.91 Å². The SMILES string of the molecule is C#CCCCOc1ccc(/C=C/C(=O)Nc2ccccc2C=O)cc1OC. The summed E-state index contributed by atoms with van der Waals surface area (Å²) >= 11 is 0. The minimum absolute atomic E-state index is 0.335. The van der Waals surface area contributed by atoms with Crippen molar-refractivity contribution in [2.24, 2.45) is 0 Å². The van der Waals surface area contributed by atoms with Crippen LogP contribution in [0.4, 0.5) is 5.69 Å². The molecule has 0 aromatic heterocycles. The molecule has 0 aliphatic heterocycles. The molecule has 5 nitrogen and oxygen atoms in total. The number of carbonyl (C=O) groups is 2. The molecule has 0 saturated heterocycles. The van der Waals surface area contributed by atoms with Gasteiger partial charge in [0, 0.05) is 18.1 Å². The summed E-state index contributed by atoms with van der Waals surface area (Å²) in [4.78, 5) is 23.1. The van der Waals surface area contributed by atoms with Crippen molar-refractivity contribution in [2.45, 2.75) is 12.8 Å². The van der Waals surface area contributed by atoms with Crippen molar-refractivity contribution in [1.82, 2.24) is 0 Å². The van der Waals surface area contributed by atoms with E-state index in [0.29, 0.717) is 42.1 Å². The maximum atomic E-state index is 12.1. The molecule has 2 rings (SSSR count). The van der Waals surface area contributed by atoms with Crippen LogP contribution in [-0.2, 0) is 4.79 Å². The predicted molar refractivity (Wildman–Crippen MR) is 106 cm³/mol. The molecule has 0 unspecified atom stereocenters. The Morgan fingerprint density at radius 2 is 2.04 bits per heavy atom. The molecular formula is C22H21NO4. The summed E-state index contributed by atoms with van der Waals surface area (Å²) in [5.41, 5.74) is 1.67. The van der Waals surface area contributed by atoms with E-state index in [-0.39, 0.29) is 5.91 Å². The Bertz CT molecular complexity index is 865. The van der Waals surface area contributed by atoms with Gasteiger partial charge in [-0.1, -0.05) is 18.2 Å². The normalized spacial score (nSPS) is 10.2. The Hall–Kier alpha value is -3.52. The van der Waals surface area contributed by atoms with E-state index in [9.17, 15) is 9.59 Å². The molecule has 138 valence electrons. The first kappa shape index (κ1) is 19.8. The van der Waals surface area contributed by atoms with Gasteiger partial charge in [0.1, 0.15) is 0 Å². The third-order valence-electron chi connectivity index (χ3n) is 3.68. The molecule has 0 atom stereocenters. The van der Waals surface area contributed by atoms with Crippen LogP contribution < -0.4 is 14.8 Å². The lowest BCUT2D eigenvalue weighted by atomic mass is 10.1. The van der Waals surface area contributed by atoms with Crippen LogP contribution in [0.3, 0.4) is 0 Å². The predicted octanol–water partition coefficient (Wildman–Crippen LogP) is 3.95. The summed E-state index contributed by atoms with van der Waals surface area (Å²) in [6.07, 6.45) is 10.4. The van der Waals surface area contributed by atoms with Crippen LogP contribution in [-0.4, -0.2) is 25.9 Å². The van der Waals surface area contributed by atoms with Crippen molar-refractivity contribution in [3.8, 4) is 23.8 Å². The number of rotatable bonds is 9.